The number of fused-ring (bicyclic) bond motifs is 1. The van der Waals surface area contributed by atoms with Crippen molar-refractivity contribution in [3.05, 3.63) is 58.5 Å². The number of amides is 1. The van der Waals surface area contributed by atoms with Gasteiger partial charge < -0.3 is 14.4 Å². The van der Waals surface area contributed by atoms with E-state index in [4.69, 9.17) is 4.42 Å². The van der Waals surface area contributed by atoms with Crippen LogP contribution in [0.15, 0.2) is 34.7 Å². The lowest BCUT2D eigenvalue weighted by Gasteiger charge is -2.34. The fraction of sp³-hybridized carbons (Fsp3) is 0.368. The predicted octanol–water partition coefficient (Wildman–Crippen LogP) is 3.36. The molecule has 1 aliphatic rings. The maximum atomic E-state index is 13.0. The molecule has 2 heterocycles. The van der Waals surface area contributed by atoms with E-state index in [1.807, 2.05) is 38.1 Å². The molecule has 0 aliphatic carbocycles. The molecule has 0 saturated heterocycles. The van der Waals surface area contributed by atoms with Crippen LogP contribution in [0.1, 0.15) is 52.8 Å². The summed E-state index contributed by atoms with van der Waals surface area (Å²) in [6.07, 6.45) is 0.325. The van der Waals surface area contributed by atoms with Crippen LogP contribution in [0, 0.1) is 6.92 Å². The van der Waals surface area contributed by atoms with Gasteiger partial charge in [0.1, 0.15) is 17.6 Å². The molecular weight excluding hydrogens is 306 g/mol. The number of carbonyl (C=O) groups excluding carboxylic acids is 1. The fourth-order valence-electron chi connectivity index (χ4n) is 3.11. The molecule has 2 aromatic rings. The Morgan fingerprint density at radius 1 is 1.25 bits per heavy atom. The number of carboxylic acids is 1. The highest BCUT2D eigenvalue weighted by molar-refractivity contribution is 5.98. The molecule has 0 bridgehead atoms. The normalized spacial score (nSPS) is 17.0. The largest absolute Gasteiger partial charge is 0.480 e. The van der Waals surface area contributed by atoms with Crippen LogP contribution in [-0.2, 0) is 17.8 Å². The maximum Gasteiger partial charge on any atom is 0.326 e. The number of hydrogen-bond acceptors (Lipinski definition) is 3. The molecule has 0 fully saturated rings. The van der Waals surface area contributed by atoms with Gasteiger partial charge in [-0.2, -0.15) is 0 Å². The molecule has 1 atom stereocenters. The van der Waals surface area contributed by atoms with E-state index in [1.165, 1.54) is 4.90 Å². The second kappa shape index (κ2) is 6.15. The Kier molecular flexibility index (Phi) is 4.18. The fourth-order valence-corrected chi connectivity index (χ4v) is 3.11. The van der Waals surface area contributed by atoms with Gasteiger partial charge in [0.2, 0.25) is 0 Å². The van der Waals surface area contributed by atoms with Crippen LogP contribution in [-0.4, -0.2) is 27.9 Å². The number of aryl methyl sites for hydroxylation is 1. The minimum absolute atomic E-state index is 0.169. The molecule has 0 radical (unpaired) electrons. The van der Waals surface area contributed by atoms with Gasteiger partial charge in [0.15, 0.2) is 0 Å². The van der Waals surface area contributed by atoms with Crippen LogP contribution in [0.2, 0.25) is 0 Å². The molecule has 24 heavy (non-hydrogen) atoms. The summed E-state index contributed by atoms with van der Waals surface area (Å²) in [6.45, 7) is 6.02. The van der Waals surface area contributed by atoms with Crippen molar-refractivity contribution in [3.8, 4) is 0 Å². The Labute approximate surface area is 140 Å². The van der Waals surface area contributed by atoms with E-state index in [9.17, 15) is 14.7 Å². The second-order valence-electron chi connectivity index (χ2n) is 6.53. The van der Waals surface area contributed by atoms with Crippen LogP contribution < -0.4 is 0 Å². The van der Waals surface area contributed by atoms with E-state index in [2.05, 4.69) is 0 Å². The van der Waals surface area contributed by atoms with E-state index in [-0.39, 0.29) is 11.8 Å². The average molecular weight is 327 g/mol. The van der Waals surface area contributed by atoms with Crippen molar-refractivity contribution in [3.63, 3.8) is 0 Å². The Bertz CT molecular complexity index is 790. The van der Waals surface area contributed by atoms with E-state index < -0.39 is 12.0 Å². The van der Waals surface area contributed by atoms with Gasteiger partial charge in [0, 0.05) is 18.9 Å². The molecule has 5 nitrogen and oxygen atoms in total. The predicted molar refractivity (Wildman–Crippen MR) is 89.0 cm³/mol. The van der Waals surface area contributed by atoms with Gasteiger partial charge in [-0.25, -0.2) is 4.79 Å². The molecule has 1 aliphatic heterocycles. The Morgan fingerprint density at radius 3 is 2.50 bits per heavy atom. The lowest BCUT2D eigenvalue weighted by Crippen LogP contribution is -2.48. The highest BCUT2D eigenvalue weighted by Gasteiger charge is 2.36. The van der Waals surface area contributed by atoms with Crippen LogP contribution in [0.4, 0.5) is 0 Å². The van der Waals surface area contributed by atoms with E-state index in [0.29, 0.717) is 24.3 Å². The number of carboxylic acid groups (broad SMARTS) is 1. The minimum atomic E-state index is -0.983. The molecule has 0 saturated carbocycles. The van der Waals surface area contributed by atoms with Crippen LogP contribution >= 0.6 is 0 Å². The molecule has 1 N–H and O–H groups in total. The van der Waals surface area contributed by atoms with Gasteiger partial charge in [-0.1, -0.05) is 38.1 Å². The van der Waals surface area contributed by atoms with Gasteiger partial charge in [-0.3, -0.25) is 4.79 Å². The molecular formula is C19H21NO4. The van der Waals surface area contributed by atoms with Crippen molar-refractivity contribution < 1.29 is 19.1 Å². The van der Waals surface area contributed by atoms with E-state index >= 15 is 0 Å². The molecule has 1 unspecified atom stereocenters. The summed E-state index contributed by atoms with van der Waals surface area (Å²) in [6, 6.07) is 8.54. The second-order valence-corrected chi connectivity index (χ2v) is 6.53. The van der Waals surface area contributed by atoms with Crippen molar-refractivity contribution >= 4 is 11.9 Å². The van der Waals surface area contributed by atoms with Crippen LogP contribution in [0.5, 0.6) is 0 Å². The Morgan fingerprint density at radius 2 is 1.92 bits per heavy atom. The molecule has 5 heteroatoms. The van der Waals surface area contributed by atoms with Gasteiger partial charge in [-0.15, -0.1) is 0 Å². The summed E-state index contributed by atoms with van der Waals surface area (Å²) >= 11 is 0. The Hall–Kier alpha value is -2.56. The molecule has 1 aromatic carbocycles. The number of hydrogen-bond donors (Lipinski definition) is 1. The zero-order chi connectivity index (χ0) is 17.4. The first-order chi connectivity index (χ1) is 11.4. The molecule has 0 spiro atoms. The first kappa shape index (κ1) is 16.3. The molecule has 126 valence electrons. The number of furan rings is 1. The lowest BCUT2D eigenvalue weighted by atomic mass is 9.93. The average Bonchev–Trinajstić information content (AvgIpc) is 2.95. The van der Waals surface area contributed by atoms with Crippen molar-refractivity contribution in [2.45, 2.75) is 45.7 Å². The summed E-state index contributed by atoms with van der Waals surface area (Å²) in [5.41, 5.74) is 2.43. The van der Waals surface area contributed by atoms with Crippen LogP contribution in [0.25, 0.3) is 0 Å². The third-order valence-corrected chi connectivity index (χ3v) is 4.53. The van der Waals surface area contributed by atoms with Crippen molar-refractivity contribution in [1.29, 1.82) is 0 Å². The lowest BCUT2D eigenvalue weighted by molar-refractivity contribution is -0.142. The Balaban J connectivity index is 1.97. The minimum Gasteiger partial charge on any atom is -0.480 e. The number of aliphatic carboxylic acids is 1. The zero-order valence-corrected chi connectivity index (χ0v) is 14.1. The van der Waals surface area contributed by atoms with Crippen LogP contribution in [0.3, 0.4) is 0 Å². The number of nitrogens with zero attached hydrogens (tertiary/aromatic N) is 1. The summed E-state index contributed by atoms with van der Waals surface area (Å²) in [7, 11) is 0. The topological polar surface area (TPSA) is 70.8 Å². The van der Waals surface area contributed by atoms with Crippen molar-refractivity contribution in [1.82, 2.24) is 4.90 Å². The zero-order valence-electron chi connectivity index (χ0n) is 14.1. The number of benzene rings is 1. The third-order valence-electron chi connectivity index (χ3n) is 4.53. The van der Waals surface area contributed by atoms with Crippen molar-refractivity contribution in [2.75, 3.05) is 0 Å². The molecule has 1 amide bonds. The smallest absolute Gasteiger partial charge is 0.326 e. The summed E-state index contributed by atoms with van der Waals surface area (Å²) < 4.78 is 5.66. The number of rotatable bonds is 3. The van der Waals surface area contributed by atoms with Gasteiger partial charge in [0.05, 0.1) is 5.56 Å². The third kappa shape index (κ3) is 2.82. The maximum absolute atomic E-state index is 13.0. The summed E-state index contributed by atoms with van der Waals surface area (Å²) in [4.78, 5) is 26.1. The standard InChI is InChI=1S/C19H21NO4/c1-11(2)17-9-15(12(3)24-17)18(21)20-10-14-7-5-4-6-13(14)8-16(20)19(22)23/h4-7,9,11,16H,8,10H2,1-3H3,(H,22,23). The quantitative estimate of drug-likeness (QED) is 0.938. The summed E-state index contributed by atoms with van der Waals surface area (Å²) in [5, 5.41) is 9.58. The van der Waals surface area contributed by atoms with Gasteiger partial charge >= 0.3 is 5.97 Å². The number of carbonyl (C=O) groups is 2. The monoisotopic (exact) mass is 327 g/mol. The molecule has 3 rings (SSSR count). The highest BCUT2D eigenvalue weighted by atomic mass is 16.4. The van der Waals surface area contributed by atoms with Crippen molar-refractivity contribution in [2.24, 2.45) is 0 Å². The molecule has 1 aromatic heterocycles. The summed E-state index contributed by atoms with van der Waals surface area (Å²) in [5.74, 6) is 0.169. The van der Waals surface area contributed by atoms with E-state index in [1.54, 1.807) is 13.0 Å². The first-order valence-corrected chi connectivity index (χ1v) is 8.09. The van der Waals surface area contributed by atoms with Gasteiger partial charge in [-0.05, 0) is 24.1 Å². The highest BCUT2D eigenvalue weighted by Crippen LogP contribution is 2.28. The SMILES string of the molecule is Cc1oc(C(C)C)cc1C(=O)N1Cc2ccccc2CC1C(=O)O. The van der Waals surface area contributed by atoms with E-state index in [0.717, 1.165) is 16.9 Å². The first-order valence-electron chi connectivity index (χ1n) is 8.09. The van der Waals surface area contributed by atoms with Gasteiger partial charge in [0.25, 0.3) is 5.91 Å².